The zero-order valence-electron chi connectivity index (χ0n) is 17.5. The number of aromatic nitrogens is 1. The van der Waals surface area contributed by atoms with Crippen LogP contribution in [0.3, 0.4) is 0 Å². The summed E-state index contributed by atoms with van der Waals surface area (Å²) >= 11 is 0. The van der Waals surface area contributed by atoms with Crippen molar-refractivity contribution in [2.75, 3.05) is 32.1 Å². The van der Waals surface area contributed by atoms with Gasteiger partial charge in [-0.2, -0.15) is 0 Å². The molecule has 1 aliphatic rings. The SMILES string of the molecule is C=CCOc1cc(CN2CCC(Nc3nccc4ccccc34)CC2)ccc1OC. The standard InChI is InChI=1S/C25H29N3O2/c1-3-16-30-24-17-19(8-9-23(24)29-2)18-28-14-11-21(12-15-28)27-25-22-7-5-4-6-20(22)10-13-26-25/h3-10,13,17,21H,1,11-12,14-16,18H2,2H3,(H,26,27). The molecule has 5 nitrogen and oxygen atoms in total. The number of hydrogen-bond acceptors (Lipinski definition) is 5. The Morgan fingerprint density at radius 3 is 2.77 bits per heavy atom. The number of rotatable bonds is 8. The molecule has 0 bridgehead atoms. The van der Waals surface area contributed by atoms with E-state index in [9.17, 15) is 0 Å². The van der Waals surface area contributed by atoms with Crippen molar-refractivity contribution >= 4 is 16.6 Å². The van der Waals surface area contributed by atoms with E-state index in [-0.39, 0.29) is 0 Å². The van der Waals surface area contributed by atoms with E-state index >= 15 is 0 Å². The lowest BCUT2D eigenvalue weighted by Crippen LogP contribution is -2.38. The molecule has 1 aliphatic heterocycles. The van der Waals surface area contributed by atoms with Crippen LogP contribution in [0.2, 0.25) is 0 Å². The van der Waals surface area contributed by atoms with E-state index in [1.807, 2.05) is 12.3 Å². The highest BCUT2D eigenvalue weighted by molar-refractivity contribution is 5.91. The third-order valence-electron chi connectivity index (χ3n) is 5.59. The molecule has 1 aromatic heterocycles. The Kier molecular flexibility index (Phi) is 6.50. The van der Waals surface area contributed by atoms with Crippen molar-refractivity contribution in [3.05, 3.63) is 72.9 Å². The fourth-order valence-corrected chi connectivity index (χ4v) is 4.00. The number of benzene rings is 2. The maximum atomic E-state index is 5.75. The van der Waals surface area contributed by atoms with E-state index in [2.05, 4.69) is 64.2 Å². The van der Waals surface area contributed by atoms with Gasteiger partial charge in [-0.3, -0.25) is 4.90 Å². The minimum atomic E-state index is 0.446. The molecule has 0 saturated carbocycles. The van der Waals surface area contributed by atoms with Gasteiger partial charge in [-0.25, -0.2) is 4.98 Å². The summed E-state index contributed by atoms with van der Waals surface area (Å²) in [5.41, 5.74) is 1.23. The second-order valence-electron chi connectivity index (χ2n) is 7.66. The van der Waals surface area contributed by atoms with E-state index in [1.165, 1.54) is 16.3 Å². The molecule has 0 radical (unpaired) electrons. The van der Waals surface area contributed by atoms with Gasteiger partial charge in [0.1, 0.15) is 12.4 Å². The highest BCUT2D eigenvalue weighted by atomic mass is 16.5. The highest BCUT2D eigenvalue weighted by Crippen LogP contribution is 2.29. The third kappa shape index (κ3) is 4.74. The number of piperidine rings is 1. The number of methoxy groups -OCH3 is 1. The van der Waals surface area contributed by atoms with E-state index in [0.717, 1.165) is 49.8 Å². The lowest BCUT2D eigenvalue weighted by atomic mass is 10.0. The molecule has 3 aromatic rings. The molecule has 2 aromatic carbocycles. The molecule has 0 aliphatic carbocycles. The van der Waals surface area contributed by atoms with Gasteiger partial charge in [0.05, 0.1) is 7.11 Å². The number of nitrogens with one attached hydrogen (secondary N) is 1. The van der Waals surface area contributed by atoms with Gasteiger partial charge in [-0.05, 0) is 42.0 Å². The Labute approximate surface area is 178 Å². The average molecular weight is 404 g/mol. The smallest absolute Gasteiger partial charge is 0.161 e. The summed E-state index contributed by atoms with van der Waals surface area (Å²) < 4.78 is 11.1. The van der Waals surface area contributed by atoms with Crippen molar-refractivity contribution in [2.45, 2.75) is 25.4 Å². The summed E-state index contributed by atoms with van der Waals surface area (Å²) in [4.78, 5) is 7.07. The lowest BCUT2D eigenvalue weighted by molar-refractivity contribution is 0.211. The Morgan fingerprint density at radius 1 is 1.13 bits per heavy atom. The Balaban J connectivity index is 1.35. The zero-order valence-corrected chi connectivity index (χ0v) is 17.5. The van der Waals surface area contributed by atoms with Gasteiger partial charge in [0.2, 0.25) is 0 Å². The molecular weight excluding hydrogens is 374 g/mol. The maximum absolute atomic E-state index is 5.75. The van der Waals surface area contributed by atoms with E-state index < -0.39 is 0 Å². The summed E-state index contributed by atoms with van der Waals surface area (Å²) in [6.07, 6.45) is 5.83. The summed E-state index contributed by atoms with van der Waals surface area (Å²) in [6.45, 7) is 7.20. The first-order valence-corrected chi connectivity index (χ1v) is 10.5. The summed E-state index contributed by atoms with van der Waals surface area (Å²) in [5, 5.41) is 6.08. The largest absolute Gasteiger partial charge is 0.493 e. The van der Waals surface area contributed by atoms with Crippen molar-refractivity contribution in [2.24, 2.45) is 0 Å². The Bertz CT molecular complexity index is 991. The Morgan fingerprint density at radius 2 is 1.97 bits per heavy atom. The van der Waals surface area contributed by atoms with Crippen LogP contribution >= 0.6 is 0 Å². The van der Waals surface area contributed by atoms with Crippen LogP contribution in [0.1, 0.15) is 18.4 Å². The number of pyridine rings is 1. The first kappa shape index (κ1) is 20.2. The van der Waals surface area contributed by atoms with E-state index in [1.54, 1.807) is 13.2 Å². The van der Waals surface area contributed by atoms with Gasteiger partial charge in [-0.15, -0.1) is 0 Å². The number of hydrogen-bond donors (Lipinski definition) is 1. The van der Waals surface area contributed by atoms with Crippen LogP contribution in [0.25, 0.3) is 10.8 Å². The van der Waals surface area contributed by atoms with Gasteiger partial charge >= 0.3 is 0 Å². The second-order valence-corrected chi connectivity index (χ2v) is 7.66. The third-order valence-corrected chi connectivity index (χ3v) is 5.59. The van der Waals surface area contributed by atoms with Crippen LogP contribution in [-0.2, 0) is 6.54 Å². The molecule has 0 atom stereocenters. The quantitative estimate of drug-likeness (QED) is 0.543. The van der Waals surface area contributed by atoms with Crippen LogP contribution in [0.15, 0.2) is 67.4 Å². The van der Waals surface area contributed by atoms with Crippen molar-refractivity contribution in [3.63, 3.8) is 0 Å². The molecule has 0 unspecified atom stereocenters. The first-order chi connectivity index (χ1) is 14.8. The Hall–Kier alpha value is -3.05. The fourth-order valence-electron chi connectivity index (χ4n) is 4.00. The molecule has 1 saturated heterocycles. The van der Waals surface area contributed by atoms with Crippen LogP contribution in [0.5, 0.6) is 11.5 Å². The molecular formula is C25H29N3O2. The highest BCUT2D eigenvalue weighted by Gasteiger charge is 2.20. The zero-order chi connectivity index (χ0) is 20.8. The van der Waals surface area contributed by atoms with Gasteiger partial charge in [0.15, 0.2) is 11.5 Å². The first-order valence-electron chi connectivity index (χ1n) is 10.5. The molecule has 5 heteroatoms. The number of fused-ring (bicyclic) bond motifs is 1. The monoisotopic (exact) mass is 403 g/mol. The van der Waals surface area contributed by atoms with Crippen molar-refractivity contribution < 1.29 is 9.47 Å². The van der Waals surface area contributed by atoms with Gasteiger partial charge < -0.3 is 14.8 Å². The molecule has 30 heavy (non-hydrogen) atoms. The normalized spacial score (nSPS) is 15.1. The molecule has 1 fully saturated rings. The minimum absolute atomic E-state index is 0.446. The molecule has 1 N–H and O–H groups in total. The molecule has 0 amide bonds. The number of ether oxygens (including phenoxy) is 2. The van der Waals surface area contributed by atoms with Crippen LogP contribution in [0, 0.1) is 0 Å². The van der Waals surface area contributed by atoms with Gasteiger partial charge in [0.25, 0.3) is 0 Å². The lowest BCUT2D eigenvalue weighted by Gasteiger charge is -2.33. The molecule has 156 valence electrons. The number of nitrogens with zero attached hydrogens (tertiary/aromatic N) is 2. The summed E-state index contributed by atoms with van der Waals surface area (Å²) in [7, 11) is 1.67. The summed E-state index contributed by atoms with van der Waals surface area (Å²) in [5.74, 6) is 2.52. The van der Waals surface area contributed by atoms with Crippen molar-refractivity contribution in [1.82, 2.24) is 9.88 Å². The average Bonchev–Trinajstić information content (AvgIpc) is 2.79. The van der Waals surface area contributed by atoms with Crippen molar-refractivity contribution in [3.8, 4) is 11.5 Å². The fraction of sp³-hybridized carbons (Fsp3) is 0.320. The number of anilines is 1. The molecule has 0 spiro atoms. The van der Waals surface area contributed by atoms with E-state index in [4.69, 9.17) is 9.47 Å². The van der Waals surface area contributed by atoms with Crippen LogP contribution in [-0.4, -0.2) is 42.7 Å². The molecule has 2 heterocycles. The maximum Gasteiger partial charge on any atom is 0.161 e. The topological polar surface area (TPSA) is 46.6 Å². The predicted octanol–water partition coefficient (Wildman–Crippen LogP) is 4.88. The van der Waals surface area contributed by atoms with Gasteiger partial charge in [-0.1, -0.05) is 43.0 Å². The number of likely N-dealkylation sites (tertiary alicyclic amines) is 1. The minimum Gasteiger partial charge on any atom is -0.493 e. The summed E-state index contributed by atoms with van der Waals surface area (Å²) in [6, 6.07) is 17.1. The second kappa shape index (κ2) is 9.63. The van der Waals surface area contributed by atoms with E-state index in [0.29, 0.717) is 12.6 Å². The van der Waals surface area contributed by atoms with Crippen LogP contribution in [0.4, 0.5) is 5.82 Å². The predicted molar refractivity (Wildman–Crippen MR) is 122 cm³/mol. The molecule has 4 rings (SSSR count). The van der Waals surface area contributed by atoms with Crippen LogP contribution < -0.4 is 14.8 Å². The van der Waals surface area contributed by atoms with Gasteiger partial charge in [0, 0.05) is 37.3 Å². The van der Waals surface area contributed by atoms with Crippen molar-refractivity contribution in [1.29, 1.82) is 0 Å².